The van der Waals surface area contributed by atoms with Gasteiger partial charge < -0.3 is 15.8 Å². The second-order valence-electron chi connectivity index (χ2n) is 7.67. The second-order valence-corrected chi connectivity index (χ2v) is 7.67. The van der Waals surface area contributed by atoms with Crippen LogP contribution in [0.2, 0.25) is 0 Å². The monoisotopic (exact) mass is 396 g/mol. The molecule has 0 radical (unpaired) electrons. The Morgan fingerprint density at radius 1 is 1.21 bits per heavy atom. The number of carbonyl (C=O) groups excluding carboxylic acids is 2. The number of nitrogens with zero attached hydrogens (tertiary/aromatic N) is 2. The maximum Gasteiger partial charge on any atom is 0.272 e. The molecule has 1 aromatic carbocycles. The molecule has 2 amide bonds. The number of nitrogens with one attached hydrogen (secondary N) is 1. The highest BCUT2D eigenvalue weighted by Crippen LogP contribution is 2.38. The van der Waals surface area contributed by atoms with Crippen LogP contribution < -0.4 is 20.7 Å². The number of aromatic nitrogens is 1. The lowest BCUT2D eigenvalue weighted by atomic mass is 10.0. The van der Waals surface area contributed by atoms with Crippen LogP contribution in [-0.4, -0.2) is 28.4 Å². The summed E-state index contributed by atoms with van der Waals surface area (Å²) in [4.78, 5) is 31.9. The Balaban J connectivity index is 1.98. The Morgan fingerprint density at radius 2 is 1.83 bits per heavy atom. The molecule has 0 saturated carbocycles. The van der Waals surface area contributed by atoms with Crippen molar-refractivity contribution in [1.29, 1.82) is 0 Å². The van der Waals surface area contributed by atoms with Crippen LogP contribution in [0.5, 0.6) is 5.75 Å². The summed E-state index contributed by atoms with van der Waals surface area (Å²) in [6.07, 6.45) is 1.59. The van der Waals surface area contributed by atoms with E-state index in [0.717, 1.165) is 29.7 Å². The number of rotatable bonds is 5. The Morgan fingerprint density at radius 3 is 2.41 bits per heavy atom. The first-order valence-corrected chi connectivity index (χ1v) is 9.90. The standard InChI is InChI=1S/C22H28N4O3/c1-6-14-9-8-10-15(7-2)18(14)25-20(27)13(3)26-19-16(11-12-17(23)24-19)29-22(4,5)21(26)28/h8-13H,6-7H2,1-5H3,(H2,23,24)(H,25,27). The SMILES string of the molecule is CCc1cccc(CC)c1NC(=O)C(C)N1C(=O)C(C)(C)Oc2ccc(N)nc21. The molecule has 7 nitrogen and oxygen atoms in total. The number of nitrogen functional groups attached to an aromatic ring is 1. The van der Waals surface area contributed by atoms with Crippen LogP contribution in [0.3, 0.4) is 0 Å². The van der Waals surface area contributed by atoms with E-state index in [4.69, 9.17) is 10.5 Å². The van der Waals surface area contributed by atoms with Crippen molar-refractivity contribution in [2.45, 2.75) is 59.1 Å². The van der Waals surface area contributed by atoms with E-state index in [1.807, 2.05) is 32.0 Å². The number of hydrogen-bond donors (Lipinski definition) is 2. The third-order valence-electron chi connectivity index (χ3n) is 5.20. The van der Waals surface area contributed by atoms with Crippen LogP contribution in [0.25, 0.3) is 0 Å². The fraction of sp³-hybridized carbons (Fsp3) is 0.409. The number of pyridine rings is 1. The smallest absolute Gasteiger partial charge is 0.272 e. The highest BCUT2D eigenvalue weighted by Gasteiger charge is 2.45. The number of amides is 2. The molecule has 0 bridgehead atoms. The average Bonchev–Trinajstić information content (AvgIpc) is 2.69. The molecular formula is C22H28N4O3. The number of ether oxygens (including phenoxy) is 1. The molecule has 3 rings (SSSR count). The molecule has 2 aromatic rings. The highest BCUT2D eigenvalue weighted by molar-refractivity contribution is 6.09. The predicted octanol–water partition coefficient (Wildman–Crippen LogP) is 3.32. The lowest BCUT2D eigenvalue weighted by Crippen LogP contribution is -2.58. The van der Waals surface area contributed by atoms with Crippen molar-refractivity contribution in [3.63, 3.8) is 0 Å². The van der Waals surface area contributed by atoms with Gasteiger partial charge in [-0.3, -0.25) is 14.5 Å². The minimum absolute atomic E-state index is 0.252. The summed E-state index contributed by atoms with van der Waals surface area (Å²) < 4.78 is 5.80. The molecule has 0 aliphatic carbocycles. The second kappa shape index (κ2) is 7.73. The molecule has 29 heavy (non-hydrogen) atoms. The van der Waals surface area contributed by atoms with E-state index >= 15 is 0 Å². The Hall–Kier alpha value is -3.09. The van der Waals surface area contributed by atoms with Crippen LogP contribution in [0.1, 0.15) is 45.7 Å². The zero-order valence-corrected chi connectivity index (χ0v) is 17.6. The summed E-state index contributed by atoms with van der Waals surface area (Å²) in [6, 6.07) is 8.48. The fourth-order valence-corrected chi connectivity index (χ4v) is 3.51. The quantitative estimate of drug-likeness (QED) is 0.808. The van der Waals surface area contributed by atoms with Gasteiger partial charge in [0.15, 0.2) is 17.2 Å². The first-order valence-electron chi connectivity index (χ1n) is 9.90. The molecule has 1 unspecified atom stereocenters. The molecule has 1 atom stereocenters. The maximum absolute atomic E-state index is 13.2. The maximum atomic E-state index is 13.2. The minimum Gasteiger partial charge on any atom is -0.474 e. The number of carbonyl (C=O) groups is 2. The largest absolute Gasteiger partial charge is 0.474 e. The number of anilines is 3. The Bertz CT molecular complexity index is 933. The van der Waals surface area contributed by atoms with Gasteiger partial charge in [-0.2, -0.15) is 0 Å². The number of aryl methyl sites for hydroxylation is 2. The number of nitrogens with two attached hydrogens (primary N) is 1. The van der Waals surface area contributed by atoms with E-state index in [2.05, 4.69) is 10.3 Å². The van der Waals surface area contributed by atoms with E-state index in [-0.39, 0.29) is 23.5 Å². The van der Waals surface area contributed by atoms with Gasteiger partial charge in [0.05, 0.1) is 0 Å². The van der Waals surface area contributed by atoms with Crippen LogP contribution >= 0.6 is 0 Å². The van der Waals surface area contributed by atoms with E-state index in [1.54, 1.807) is 32.9 Å². The normalized spacial score (nSPS) is 16.0. The molecule has 154 valence electrons. The lowest BCUT2D eigenvalue weighted by molar-refractivity contribution is -0.134. The summed E-state index contributed by atoms with van der Waals surface area (Å²) in [5, 5.41) is 3.04. The molecule has 1 aliphatic rings. The van der Waals surface area contributed by atoms with E-state index in [1.165, 1.54) is 4.90 Å². The Labute approximate surface area is 171 Å². The van der Waals surface area contributed by atoms with Gasteiger partial charge in [0.25, 0.3) is 5.91 Å². The first kappa shape index (κ1) is 20.6. The van der Waals surface area contributed by atoms with Gasteiger partial charge in [0, 0.05) is 5.69 Å². The molecule has 0 fully saturated rings. The number of fused-ring (bicyclic) bond motifs is 1. The van der Waals surface area contributed by atoms with Crippen molar-refractivity contribution in [2.75, 3.05) is 16.0 Å². The molecule has 2 heterocycles. The number of para-hydroxylation sites is 1. The molecular weight excluding hydrogens is 368 g/mol. The molecule has 3 N–H and O–H groups in total. The van der Waals surface area contributed by atoms with Crippen molar-refractivity contribution in [2.24, 2.45) is 0 Å². The number of hydrogen-bond acceptors (Lipinski definition) is 5. The molecule has 7 heteroatoms. The third kappa shape index (κ3) is 3.77. The predicted molar refractivity (Wildman–Crippen MR) is 114 cm³/mol. The minimum atomic E-state index is -1.12. The topological polar surface area (TPSA) is 97.5 Å². The van der Waals surface area contributed by atoms with E-state index < -0.39 is 11.6 Å². The number of benzene rings is 1. The zero-order chi connectivity index (χ0) is 21.3. The van der Waals surface area contributed by atoms with Crippen molar-refractivity contribution in [3.8, 4) is 5.75 Å². The molecule has 1 aromatic heterocycles. The van der Waals surface area contributed by atoms with Gasteiger partial charge in [0.2, 0.25) is 5.91 Å². The van der Waals surface area contributed by atoms with Crippen molar-refractivity contribution < 1.29 is 14.3 Å². The van der Waals surface area contributed by atoms with Crippen LogP contribution in [0, 0.1) is 0 Å². The summed E-state index contributed by atoms with van der Waals surface area (Å²) in [7, 11) is 0. The Kier molecular flexibility index (Phi) is 5.50. The van der Waals surface area contributed by atoms with Gasteiger partial charge in [-0.25, -0.2) is 4.98 Å². The van der Waals surface area contributed by atoms with Crippen LogP contribution in [0.15, 0.2) is 30.3 Å². The van der Waals surface area contributed by atoms with Crippen LogP contribution in [-0.2, 0) is 22.4 Å². The van der Waals surface area contributed by atoms with E-state index in [0.29, 0.717) is 5.75 Å². The zero-order valence-electron chi connectivity index (χ0n) is 17.6. The summed E-state index contributed by atoms with van der Waals surface area (Å²) in [5.74, 6) is 0.303. The summed E-state index contributed by atoms with van der Waals surface area (Å²) >= 11 is 0. The van der Waals surface area contributed by atoms with Crippen molar-refractivity contribution in [1.82, 2.24) is 4.98 Å². The molecule has 0 spiro atoms. The van der Waals surface area contributed by atoms with Crippen LogP contribution in [0.4, 0.5) is 17.3 Å². The van der Waals surface area contributed by atoms with E-state index in [9.17, 15) is 9.59 Å². The van der Waals surface area contributed by atoms with Gasteiger partial charge in [0.1, 0.15) is 11.9 Å². The summed E-state index contributed by atoms with van der Waals surface area (Å²) in [5.41, 5.74) is 7.64. The average molecular weight is 396 g/mol. The van der Waals surface area contributed by atoms with Crippen molar-refractivity contribution in [3.05, 3.63) is 41.5 Å². The lowest BCUT2D eigenvalue weighted by Gasteiger charge is -2.40. The van der Waals surface area contributed by atoms with Crippen molar-refractivity contribution >= 4 is 29.1 Å². The summed E-state index contributed by atoms with van der Waals surface area (Å²) in [6.45, 7) is 9.13. The van der Waals surface area contributed by atoms with Gasteiger partial charge >= 0.3 is 0 Å². The highest BCUT2D eigenvalue weighted by atomic mass is 16.5. The fourth-order valence-electron chi connectivity index (χ4n) is 3.51. The van der Waals surface area contributed by atoms with Gasteiger partial charge in [-0.15, -0.1) is 0 Å². The first-order chi connectivity index (χ1) is 13.7. The van der Waals surface area contributed by atoms with Gasteiger partial charge in [-0.05, 0) is 56.9 Å². The third-order valence-corrected chi connectivity index (χ3v) is 5.20. The molecule has 0 saturated heterocycles. The van der Waals surface area contributed by atoms with Gasteiger partial charge in [-0.1, -0.05) is 32.0 Å². The molecule has 1 aliphatic heterocycles.